The van der Waals surface area contributed by atoms with Crippen LogP contribution >= 0.6 is 11.3 Å². The first-order valence-corrected chi connectivity index (χ1v) is 15.2. The molecule has 202 valence electrons. The SMILES string of the molecule is c1ccc(-c2ccc(N(c3ccc4c(c3)oc3cc5cnccc5cc34)c3ccc4c(c3)sc3ccccc34)cc2)cc1. The molecule has 4 heteroatoms. The Morgan fingerprint density at radius 3 is 2.07 bits per heavy atom. The molecule has 9 rings (SSSR count). The minimum absolute atomic E-state index is 0.865. The van der Waals surface area contributed by atoms with E-state index in [1.165, 1.54) is 31.3 Å². The fourth-order valence-corrected chi connectivity index (χ4v) is 7.36. The van der Waals surface area contributed by atoms with E-state index in [1.54, 1.807) is 0 Å². The number of anilines is 3. The van der Waals surface area contributed by atoms with Crippen molar-refractivity contribution in [2.24, 2.45) is 0 Å². The summed E-state index contributed by atoms with van der Waals surface area (Å²) in [6.45, 7) is 0. The molecule has 0 saturated heterocycles. The molecule has 0 aliphatic carbocycles. The van der Waals surface area contributed by atoms with Crippen molar-refractivity contribution in [3.05, 3.63) is 146 Å². The molecule has 0 radical (unpaired) electrons. The van der Waals surface area contributed by atoms with Gasteiger partial charge in [0.25, 0.3) is 0 Å². The fraction of sp³-hybridized carbons (Fsp3) is 0. The van der Waals surface area contributed by atoms with E-state index in [1.807, 2.05) is 29.8 Å². The number of hydrogen-bond donors (Lipinski definition) is 0. The zero-order valence-electron chi connectivity index (χ0n) is 23.1. The van der Waals surface area contributed by atoms with Crippen molar-refractivity contribution in [3.8, 4) is 11.1 Å². The average Bonchev–Trinajstić information content (AvgIpc) is 3.61. The van der Waals surface area contributed by atoms with Crippen molar-refractivity contribution in [3.63, 3.8) is 0 Å². The monoisotopic (exact) mass is 568 g/mol. The molecule has 0 N–H and O–H groups in total. The third-order valence-electron chi connectivity index (χ3n) is 8.33. The molecule has 0 unspecified atom stereocenters. The van der Waals surface area contributed by atoms with Gasteiger partial charge in [-0.1, -0.05) is 66.7 Å². The van der Waals surface area contributed by atoms with Gasteiger partial charge in [-0.15, -0.1) is 11.3 Å². The zero-order chi connectivity index (χ0) is 28.3. The summed E-state index contributed by atoms with van der Waals surface area (Å²) in [4.78, 5) is 6.62. The second-order valence-corrected chi connectivity index (χ2v) is 12.0. The van der Waals surface area contributed by atoms with Gasteiger partial charge in [0.15, 0.2) is 0 Å². The lowest BCUT2D eigenvalue weighted by Gasteiger charge is -2.26. The fourth-order valence-electron chi connectivity index (χ4n) is 6.22. The molecular weight excluding hydrogens is 545 g/mol. The number of thiophene rings is 1. The Balaban J connectivity index is 1.22. The summed E-state index contributed by atoms with van der Waals surface area (Å²) in [6, 6.07) is 47.7. The molecule has 3 heterocycles. The minimum atomic E-state index is 0.865. The summed E-state index contributed by atoms with van der Waals surface area (Å²) in [5, 5.41) is 7.05. The van der Waals surface area contributed by atoms with E-state index in [0.29, 0.717) is 0 Å². The van der Waals surface area contributed by atoms with E-state index in [9.17, 15) is 0 Å². The normalized spacial score (nSPS) is 11.7. The molecule has 0 amide bonds. The summed E-state index contributed by atoms with van der Waals surface area (Å²) in [6.07, 6.45) is 3.72. The maximum absolute atomic E-state index is 6.46. The number of furan rings is 1. The molecule has 9 aromatic rings. The number of aromatic nitrogens is 1. The van der Waals surface area contributed by atoms with Gasteiger partial charge in [-0.25, -0.2) is 0 Å². The molecule has 0 aliphatic heterocycles. The van der Waals surface area contributed by atoms with Crippen LogP contribution in [0.25, 0.3) is 64.0 Å². The van der Waals surface area contributed by atoms with Crippen LogP contribution in [0, 0.1) is 0 Å². The van der Waals surface area contributed by atoms with Gasteiger partial charge in [-0.3, -0.25) is 4.98 Å². The van der Waals surface area contributed by atoms with Crippen LogP contribution in [-0.4, -0.2) is 4.98 Å². The largest absolute Gasteiger partial charge is 0.456 e. The Morgan fingerprint density at radius 1 is 0.488 bits per heavy atom. The van der Waals surface area contributed by atoms with Gasteiger partial charge < -0.3 is 9.32 Å². The van der Waals surface area contributed by atoms with E-state index in [4.69, 9.17) is 4.42 Å². The molecule has 0 bridgehead atoms. The van der Waals surface area contributed by atoms with E-state index in [0.717, 1.165) is 49.8 Å². The van der Waals surface area contributed by atoms with Crippen LogP contribution in [0.5, 0.6) is 0 Å². The van der Waals surface area contributed by atoms with Crippen LogP contribution < -0.4 is 4.90 Å². The lowest BCUT2D eigenvalue weighted by Crippen LogP contribution is -2.09. The van der Waals surface area contributed by atoms with Crippen molar-refractivity contribution >= 4 is 81.3 Å². The number of hydrogen-bond acceptors (Lipinski definition) is 4. The topological polar surface area (TPSA) is 29.3 Å². The van der Waals surface area contributed by atoms with Crippen LogP contribution in [0.4, 0.5) is 17.1 Å². The first-order valence-electron chi connectivity index (χ1n) is 14.4. The summed E-state index contributed by atoms with van der Waals surface area (Å²) < 4.78 is 9.04. The first kappa shape index (κ1) is 24.2. The standard InChI is InChI=1S/C39H24N2OS/c1-2-6-25(7-3-1)26-10-12-29(13-11-26)41(31-15-17-34-33-8-4-5-9-38(33)43-39(34)23-31)30-14-16-32-35-20-27-18-19-40-24-28(27)21-36(35)42-37(32)22-30/h1-24H. The highest BCUT2D eigenvalue weighted by atomic mass is 32.1. The van der Waals surface area contributed by atoms with Crippen LogP contribution in [0.15, 0.2) is 150 Å². The number of fused-ring (bicyclic) bond motifs is 7. The lowest BCUT2D eigenvalue weighted by molar-refractivity contribution is 0.669. The quantitative estimate of drug-likeness (QED) is 0.211. The van der Waals surface area contributed by atoms with Crippen molar-refractivity contribution in [2.45, 2.75) is 0 Å². The molecule has 0 aliphatic rings. The molecule has 43 heavy (non-hydrogen) atoms. The van der Waals surface area contributed by atoms with Crippen LogP contribution in [-0.2, 0) is 0 Å². The van der Waals surface area contributed by atoms with Crippen LogP contribution in [0.1, 0.15) is 0 Å². The van der Waals surface area contributed by atoms with Gasteiger partial charge in [0.2, 0.25) is 0 Å². The number of pyridine rings is 1. The van der Waals surface area contributed by atoms with Crippen molar-refractivity contribution in [1.82, 2.24) is 4.98 Å². The molecule has 0 spiro atoms. The smallest absolute Gasteiger partial charge is 0.137 e. The minimum Gasteiger partial charge on any atom is -0.456 e. The van der Waals surface area contributed by atoms with E-state index in [-0.39, 0.29) is 0 Å². The Kier molecular flexibility index (Phi) is 5.37. The van der Waals surface area contributed by atoms with E-state index < -0.39 is 0 Å². The predicted molar refractivity (Wildman–Crippen MR) is 182 cm³/mol. The molecule has 6 aromatic carbocycles. The highest BCUT2D eigenvalue weighted by Crippen LogP contribution is 2.42. The summed E-state index contributed by atoms with van der Waals surface area (Å²) in [7, 11) is 0. The van der Waals surface area contributed by atoms with E-state index in [2.05, 4.69) is 137 Å². The van der Waals surface area contributed by atoms with Crippen molar-refractivity contribution in [2.75, 3.05) is 4.90 Å². The van der Waals surface area contributed by atoms with Crippen molar-refractivity contribution < 1.29 is 4.42 Å². The summed E-state index contributed by atoms with van der Waals surface area (Å²) in [5.74, 6) is 0. The summed E-state index contributed by atoms with van der Waals surface area (Å²) in [5.41, 5.74) is 7.39. The molecule has 3 aromatic heterocycles. The zero-order valence-corrected chi connectivity index (χ0v) is 23.9. The van der Waals surface area contributed by atoms with Gasteiger partial charge in [0.05, 0.1) is 0 Å². The Morgan fingerprint density at radius 2 is 1.19 bits per heavy atom. The van der Waals surface area contributed by atoms with Gasteiger partial charge in [-0.05, 0) is 77.2 Å². The highest BCUT2D eigenvalue weighted by molar-refractivity contribution is 7.25. The Hall–Kier alpha value is -5.45. The molecule has 3 nitrogen and oxygen atoms in total. The van der Waals surface area contributed by atoms with Gasteiger partial charge in [0, 0.05) is 71.9 Å². The lowest BCUT2D eigenvalue weighted by atomic mass is 10.0. The molecule has 0 saturated carbocycles. The second-order valence-electron chi connectivity index (χ2n) is 10.9. The number of benzene rings is 6. The predicted octanol–water partition coefficient (Wildman–Crippen LogP) is 11.6. The molecule has 0 atom stereocenters. The third kappa shape index (κ3) is 3.99. The van der Waals surface area contributed by atoms with Crippen LogP contribution in [0.2, 0.25) is 0 Å². The van der Waals surface area contributed by atoms with E-state index >= 15 is 0 Å². The van der Waals surface area contributed by atoms with Crippen LogP contribution in [0.3, 0.4) is 0 Å². The Labute approximate surface area is 251 Å². The maximum atomic E-state index is 6.46. The van der Waals surface area contributed by atoms with Gasteiger partial charge >= 0.3 is 0 Å². The second kappa shape index (κ2) is 9.55. The molecular formula is C39H24N2OS. The van der Waals surface area contributed by atoms with Gasteiger partial charge in [0.1, 0.15) is 11.2 Å². The molecule has 0 fully saturated rings. The van der Waals surface area contributed by atoms with Gasteiger partial charge in [-0.2, -0.15) is 0 Å². The number of rotatable bonds is 4. The third-order valence-corrected chi connectivity index (χ3v) is 9.46. The summed E-state index contributed by atoms with van der Waals surface area (Å²) >= 11 is 1.84. The number of nitrogens with zero attached hydrogens (tertiary/aromatic N) is 2. The maximum Gasteiger partial charge on any atom is 0.137 e. The Bertz CT molecular complexity index is 2460. The van der Waals surface area contributed by atoms with Crippen molar-refractivity contribution in [1.29, 1.82) is 0 Å². The average molecular weight is 569 g/mol. The first-order chi connectivity index (χ1) is 21.3. The highest BCUT2D eigenvalue weighted by Gasteiger charge is 2.17.